The molecule has 4 rings (SSSR count). The number of aromatic nitrogens is 4. The second-order valence-corrected chi connectivity index (χ2v) is 11.4. The Kier molecular flexibility index (Phi) is 6.52. The van der Waals surface area contributed by atoms with Crippen molar-refractivity contribution in [3.8, 4) is 11.4 Å². The summed E-state index contributed by atoms with van der Waals surface area (Å²) in [5.41, 5.74) is 0.470. The molecule has 0 saturated carbocycles. The molecule has 1 aliphatic rings. The van der Waals surface area contributed by atoms with Crippen LogP contribution in [0.15, 0.2) is 47.4 Å². The van der Waals surface area contributed by atoms with Crippen LogP contribution in [0, 0.1) is 0 Å². The van der Waals surface area contributed by atoms with Crippen molar-refractivity contribution < 1.29 is 22.7 Å². The molecule has 3 aromatic rings. The van der Waals surface area contributed by atoms with Gasteiger partial charge in [-0.3, -0.25) is 4.79 Å². The Morgan fingerprint density at radius 1 is 1.23 bits per heavy atom. The van der Waals surface area contributed by atoms with Gasteiger partial charge in [-0.05, 0) is 61.9 Å². The van der Waals surface area contributed by atoms with Crippen LogP contribution in [0.25, 0.3) is 11.4 Å². The number of carbonyl (C=O) groups excluding carboxylic acids is 2. The van der Waals surface area contributed by atoms with Gasteiger partial charge in [0, 0.05) is 10.6 Å². The first-order valence-electron chi connectivity index (χ1n) is 10.6. The standard InChI is InChI=1S/C22H23ClN6O5S/c1-22(2,3)34-21(31)24-16-12-35(32,33)18-9-6-14(19-25-27-28-26-19)10-17(18)29(20(16)30)11-13-4-7-15(23)8-5-13/h4-10,16H,11-12H2,1-3H3,(H,24,31)(H,25,26,27,28)/t16-/m0/s1. The number of anilines is 1. The van der Waals surface area contributed by atoms with Crippen molar-refractivity contribution in [3.63, 3.8) is 0 Å². The molecule has 2 N–H and O–H groups in total. The van der Waals surface area contributed by atoms with E-state index in [-0.39, 0.29) is 23.0 Å². The third-order valence-electron chi connectivity index (χ3n) is 5.08. The number of sulfone groups is 1. The summed E-state index contributed by atoms with van der Waals surface area (Å²) in [4.78, 5) is 27.4. The molecule has 0 unspecified atom stereocenters. The fourth-order valence-corrected chi connectivity index (χ4v) is 5.32. The minimum Gasteiger partial charge on any atom is -0.444 e. The number of alkyl carbamates (subject to hydrolysis) is 1. The Hall–Kier alpha value is -3.51. The highest BCUT2D eigenvalue weighted by atomic mass is 35.5. The van der Waals surface area contributed by atoms with E-state index in [4.69, 9.17) is 16.3 Å². The Morgan fingerprint density at radius 3 is 2.57 bits per heavy atom. The van der Waals surface area contributed by atoms with E-state index in [2.05, 4.69) is 25.9 Å². The molecular formula is C22H23ClN6O5S. The number of rotatable bonds is 4. The molecule has 2 heterocycles. The Morgan fingerprint density at radius 2 is 1.94 bits per heavy atom. The van der Waals surface area contributed by atoms with Gasteiger partial charge in [0.25, 0.3) is 5.91 Å². The summed E-state index contributed by atoms with van der Waals surface area (Å²) in [6, 6.07) is 9.88. The molecule has 13 heteroatoms. The molecule has 0 radical (unpaired) electrons. The molecule has 0 saturated heterocycles. The number of H-pyrrole nitrogens is 1. The zero-order chi connectivity index (χ0) is 25.4. The number of aromatic amines is 1. The average Bonchev–Trinajstić information content (AvgIpc) is 3.29. The van der Waals surface area contributed by atoms with Crippen LogP contribution in [0.2, 0.25) is 5.02 Å². The van der Waals surface area contributed by atoms with Gasteiger partial charge in [0.2, 0.25) is 5.82 Å². The Bertz CT molecular complexity index is 1350. The van der Waals surface area contributed by atoms with E-state index in [9.17, 15) is 18.0 Å². The molecule has 1 aromatic heterocycles. The number of hydrogen-bond acceptors (Lipinski definition) is 8. The number of ether oxygens (including phenoxy) is 1. The van der Waals surface area contributed by atoms with Crippen molar-refractivity contribution in [1.29, 1.82) is 0 Å². The topological polar surface area (TPSA) is 147 Å². The summed E-state index contributed by atoms with van der Waals surface area (Å²) < 4.78 is 31.9. The van der Waals surface area contributed by atoms with Crippen LogP contribution >= 0.6 is 11.6 Å². The van der Waals surface area contributed by atoms with Crippen LogP contribution in [0.1, 0.15) is 26.3 Å². The van der Waals surface area contributed by atoms with E-state index >= 15 is 0 Å². The maximum absolute atomic E-state index is 13.7. The first-order valence-corrected chi connectivity index (χ1v) is 12.6. The van der Waals surface area contributed by atoms with Gasteiger partial charge in [0.05, 0.1) is 22.9 Å². The molecule has 2 amide bonds. The van der Waals surface area contributed by atoms with Crippen molar-refractivity contribution in [2.45, 2.75) is 43.9 Å². The fourth-order valence-electron chi connectivity index (χ4n) is 3.59. The monoisotopic (exact) mass is 518 g/mol. The molecular weight excluding hydrogens is 496 g/mol. The molecule has 1 aliphatic heterocycles. The lowest BCUT2D eigenvalue weighted by atomic mass is 10.1. The predicted molar refractivity (Wildman–Crippen MR) is 127 cm³/mol. The van der Waals surface area contributed by atoms with Gasteiger partial charge < -0.3 is 15.0 Å². The highest BCUT2D eigenvalue weighted by molar-refractivity contribution is 7.91. The number of benzene rings is 2. The summed E-state index contributed by atoms with van der Waals surface area (Å²) in [6.07, 6.45) is -0.893. The largest absolute Gasteiger partial charge is 0.444 e. The summed E-state index contributed by atoms with van der Waals surface area (Å²) in [6.45, 7) is 5.03. The van der Waals surface area contributed by atoms with Crippen LogP contribution in [-0.2, 0) is 25.9 Å². The molecule has 0 bridgehead atoms. The lowest BCUT2D eigenvalue weighted by Gasteiger charge is -2.27. The van der Waals surface area contributed by atoms with Gasteiger partial charge in [-0.2, -0.15) is 5.21 Å². The van der Waals surface area contributed by atoms with Gasteiger partial charge in [0.1, 0.15) is 11.6 Å². The quantitative estimate of drug-likeness (QED) is 0.535. The van der Waals surface area contributed by atoms with Crippen molar-refractivity contribution in [2.75, 3.05) is 10.7 Å². The van der Waals surface area contributed by atoms with E-state index in [0.717, 1.165) is 0 Å². The second-order valence-electron chi connectivity index (χ2n) is 8.95. The second kappa shape index (κ2) is 9.27. The molecule has 184 valence electrons. The number of hydrogen-bond donors (Lipinski definition) is 2. The highest BCUT2D eigenvalue weighted by Gasteiger charge is 2.39. The Labute approximate surface area is 206 Å². The van der Waals surface area contributed by atoms with Gasteiger partial charge in [-0.25, -0.2) is 13.2 Å². The minimum atomic E-state index is -3.99. The zero-order valence-corrected chi connectivity index (χ0v) is 20.7. The molecule has 0 aliphatic carbocycles. The van der Waals surface area contributed by atoms with Crippen molar-refractivity contribution in [2.24, 2.45) is 0 Å². The lowest BCUT2D eigenvalue weighted by molar-refractivity contribution is -0.120. The SMILES string of the molecule is CC(C)(C)OC(=O)N[C@H]1CS(=O)(=O)c2ccc(-c3nn[nH]n3)cc2N(Cc2ccc(Cl)cc2)C1=O. The normalized spacial score (nSPS) is 17.4. The van der Waals surface area contributed by atoms with Crippen molar-refractivity contribution >= 4 is 39.1 Å². The zero-order valence-electron chi connectivity index (χ0n) is 19.1. The van der Waals surface area contributed by atoms with Crippen LogP contribution < -0.4 is 10.2 Å². The van der Waals surface area contributed by atoms with Crippen LogP contribution in [0.5, 0.6) is 0 Å². The molecule has 2 aromatic carbocycles. The number of nitrogens with zero attached hydrogens (tertiary/aromatic N) is 4. The number of halogens is 1. The van der Waals surface area contributed by atoms with E-state index in [1.54, 1.807) is 45.0 Å². The maximum Gasteiger partial charge on any atom is 0.408 e. The summed E-state index contributed by atoms with van der Waals surface area (Å²) in [5, 5.41) is 16.7. The number of amides is 2. The number of tetrazole rings is 1. The average molecular weight is 519 g/mol. The first-order chi connectivity index (χ1) is 16.4. The summed E-state index contributed by atoms with van der Waals surface area (Å²) in [5.74, 6) is -1.01. The summed E-state index contributed by atoms with van der Waals surface area (Å²) in [7, 11) is -3.99. The number of carbonyl (C=O) groups is 2. The fraction of sp³-hybridized carbons (Fsp3) is 0.318. The maximum atomic E-state index is 13.7. The number of fused-ring (bicyclic) bond motifs is 1. The molecule has 11 nitrogen and oxygen atoms in total. The third-order valence-corrected chi connectivity index (χ3v) is 7.12. The molecule has 0 fully saturated rings. The molecule has 0 spiro atoms. The van der Waals surface area contributed by atoms with Crippen molar-refractivity contribution in [1.82, 2.24) is 25.9 Å². The van der Waals surface area contributed by atoms with Gasteiger partial charge >= 0.3 is 6.09 Å². The van der Waals surface area contributed by atoms with Gasteiger partial charge in [0.15, 0.2) is 9.84 Å². The predicted octanol–water partition coefficient (Wildman–Crippen LogP) is 2.73. The van der Waals surface area contributed by atoms with Crippen LogP contribution in [0.3, 0.4) is 0 Å². The minimum absolute atomic E-state index is 0.0285. The van der Waals surface area contributed by atoms with E-state index in [1.165, 1.54) is 23.1 Å². The highest BCUT2D eigenvalue weighted by Crippen LogP contribution is 2.35. The van der Waals surface area contributed by atoms with Gasteiger partial charge in [-0.1, -0.05) is 23.7 Å². The van der Waals surface area contributed by atoms with E-state index in [1.807, 2.05) is 0 Å². The Balaban J connectivity index is 1.79. The first kappa shape index (κ1) is 24.6. The number of nitrogens with one attached hydrogen (secondary N) is 2. The van der Waals surface area contributed by atoms with Crippen LogP contribution in [0.4, 0.5) is 10.5 Å². The van der Waals surface area contributed by atoms with Crippen LogP contribution in [-0.4, -0.2) is 58.4 Å². The lowest BCUT2D eigenvalue weighted by Crippen LogP contribution is -2.51. The van der Waals surface area contributed by atoms with Crippen molar-refractivity contribution in [3.05, 3.63) is 53.1 Å². The third kappa shape index (κ3) is 5.60. The van der Waals surface area contributed by atoms with Gasteiger partial charge in [-0.15, -0.1) is 10.2 Å². The molecule has 35 heavy (non-hydrogen) atoms. The van der Waals surface area contributed by atoms with E-state index < -0.39 is 39.2 Å². The molecule has 1 atom stereocenters. The smallest absolute Gasteiger partial charge is 0.408 e. The summed E-state index contributed by atoms with van der Waals surface area (Å²) >= 11 is 5.99. The van der Waals surface area contributed by atoms with E-state index in [0.29, 0.717) is 16.1 Å².